The van der Waals surface area contributed by atoms with Crippen LogP contribution in [-0.2, 0) is 4.79 Å². The fraction of sp³-hybridized carbons (Fsp3) is 0.375. The lowest BCUT2D eigenvalue weighted by Gasteiger charge is -2.06. The minimum Gasteiger partial charge on any atom is -0.361 e. The molecule has 0 spiro atoms. The number of rotatable bonds is 5. The summed E-state index contributed by atoms with van der Waals surface area (Å²) in [4.78, 5) is 18.9. The molecule has 7 nitrogen and oxygen atoms in total. The molecule has 1 aromatic rings. The van der Waals surface area contributed by atoms with Crippen LogP contribution in [0.4, 0.5) is 11.6 Å². The molecule has 0 radical (unpaired) electrons. The zero-order valence-corrected chi connectivity index (χ0v) is 8.45. The van der Waals surface area contributed by atoms with Crippen molar-refractivity contribution in [3.8, 4) is 0 Å². The summed E-state index contributed by atoms with van der Waals surface area (Å²) in [5, 5.41) is 5.50. The van der Waals surface area contributed by atoms with Gasteiger partial charge in [-0.3, -0.25) is 4.79 Å². The molecule has 0 aliphatic rings. The number of likely N-dealkylation sites (N-methyl/N-ethyl adjacent to an activating group) is 1. The van der Waals surface area contributed by atoms with Crippen LogP contribution in [0.5, 0.6) is 0 Å². The number of nitrogen functional groups attached to an aromatic ring is 1. The van der Waals surface area contributed by atoms with Crippen molar-refractivity contribution < 1.29 is 4.79 Å². The average Bonchev–Trinajstić information content (AvgIpc) is 2.27. The Morgan fingerprint density at radius 3 is 2.87 bits per heavy atom. The summed E-state index contributed by atoms with van der Waals surface area (Å²) in [5.74, 6) is 6.13. The number of amides is 1. The van der Waals surface area contributed by atoms with Crippen molar-refractivity contribution in [3.05, 3.63) is 12.4 Å². The van der Waals surface area contributed by atoms with Crippen molar-refractivity contribution in [2.24, 2.45) is 5.84 Å². The summed E-state index contributed by atoms with van der Waals surface area (Å²) in [6, 6.07) is 1.61. The largest absolute Gasteiger partial charge is 0.361 e. The molecule has 1 heterocycles. The van der Waals surface area contributed by atoms with E-state index in [0.29, 0.717) is 18.2 Å². The number of hydrogen-bond acceptors (Lipinski definition) is 6. The number of hydrogen-bond donors (Lipinski definition) is 4. The van der Waals surface area contributed by atoms with Gasteiger partial charge >= 0.3 is 0 Å². The van der Waals surface area contributed by atoms with E-state index in [4.69, 9.17) is 5.84 Å². The maximum absolute atomic E-state index is 11.1. The minimum absolute atomic E-state index is 0.0848. The Hall–Kier alpha value is -1.89. The Kier molecular flexibility index (Phi) is 4.30. The summed E-state index contributed by atoms with van der Waals surface area (Å²) < 4.78 is 0. The van der Waals surface area contributed by atoms with Crippen LogP contribution in [-0.4, -0.2) is 29.0 Å². The molecular weight excluding hydrogens is 196 g/mol. The monoisotopic (exact) mass is 210 g/mol. The highest BCUT2D eigenvalue weighted by molar-refractivity contribution is 5.80. The lowest BCUT2D eigenvalue weighted by Crippen LogP contribution is -2.29. The van der Waals surface area contributed by atoms with Gasteiger partial charge in [-0.2, -0.15) is 0 Å². The fourth-order valence-electron chi connectivity index (χ4n) is 0.963. The fourth-order valence-corrected chi connectivity index (χ4v) is 0.963. The van der Waals surface area contributed by atoms with Crippen LogP contribution in [0.3, 0.4) is 0 Å². The lowest BCUT2D eigenvalue weighted by molar-refractivity contribution is -0.119. The number of carbonyl (C=O) groups excluding carboxylic acids is 1. The molecule has 0 aliphatic carbocycles. The molecule has 0 aromatic carbocycles. The van der Waals surface area contributed by atoms with E-state index in [1.807, 2.05) is 6.92 Å². The lowest BCUT2D eigenvalue weighted by atomic mass is 10.5. The smallest absolute Gasteiger partial charge is 0.239 e. The third-order valence-electron chi connectivity index (χ3n) is 1.62. The molecule has 0 aliphatic heterocycles. The van der Waals surface area contributed by atoms with Gasteiger partial charge < -0.3 is 16.1 Å². The SMILES string of the molecule is CCNC(=O)CNc1cc(NN)ncn1. The van der Waals surface area contributed by atoms with Crippen molar-refractivity contribution in [2.45, 2.75) is 6.92 Å². The number of hydrazine groups is 1. The first-order chi connectivity index (χ1) is 7.26. The first kappa shape index (κ1) is 11.2. The second-order valence-electron chi connectivity index (χ2n) is 2.74. The highest BCUT2D eigenvalue weighted by Crippen LogP contribution is 2.05. The molecule has 1 rings (SSSR count). The second kappa shape index (κ2) is 5.76. The molecule has 5 N–H and O–H groups in total. The molecule has 0 atom stereocenters. The summed E-state index contributed by atoms with van der Waals surface area (Å²) in [7, 11) is 0. The van der Waals surface area contributed by atoms with Gasteiger partial charge in [0.15, 0.2) is 0 Å². The van der Waals surface area contributed by atoms with Crippen LogP contribution in [0, 0.1) is 0 Å². The van der Waals surface area contributed by atoms with Gasteiger partial charge in [0, 0.05) is 12.6 Å². The maximum atomic E-state index is 11.1. The molecule has 82 valence electrons. The topological polar surface area (TPSA) is 105 Å². The van der Waals surface area contributed by atoms with E-state index in [2.05, 4.69) is 26.0 Å². The van der Waals surface area contributed by atoms with Crippen molar-refractivity contribution in [1.82, 2.24) is 15.3 Å². The van der Waals surface area contributed by atoms with Gasteiger partial charge in [0.2, 0.25) is 5.91 Å². The van der Waals surface area contributed by atoms with Crippen molar-refractivity contribution in [1.29, 1.82) is 0 Å². The number of carbonyl (C=O) groups is 1. The van der Waals surface area contributed by atoms with Crippen LogP contribution in [0.25, 0.3) is 0 Å². The second-order valence-corrected chi connectivity index (χ2v) is 2.74. The molecule has 0 fully saturated rings. The Labute approximate surface area is 87.5 Å². The first-order valence-corrected chi connectivity index (χ1v) is 4.55. The number of aromatic nitrogens is 2. The van der Waals surface area contributed by atoms with Gasteiger partial charge in [-0.1, -0.05) is 0 Å². The van der Waals surface area contributed by atoms with Gasteiger partial charge in [-0.05, 0) is 6.92 Å². The number of nitrogens with zero attached hydrogens (tertiary/aromatic N) is 2. The van der Waals surface area contributed by atoms with E-state index in [1.54, 1.807) is 6.07 Å². The van der Waals surface area contributed by atoms with Crippen LogP contribution in [0.2, 0.25) is 0 Å². The van der Waals surface area contributed by atoms with Crippen LogP contribution in [0.15, 0.2) is 12.4 Å². The molecule has 7 heteroatoms. The Balaban J connectivity index is 2.46. The first-order valence-electron chi connectivity index (χ1n) is 4.55. The van der Waals surface area contributed by atoms with E-state index in [0.717, 1.165) is 0 Å². The van der Waals surface area contributed by atoms with Crippen LogP contribution in [0.1, 0.15) is 6.92 Å². The van der Waals surface area contributed by atoms with E-state index in [1.165, 1.54) is 6.33 Å². The third kappa shape index (κ3) is 3.77. The van der Waals surface area contributed by atoms with Crippen LogP contribution >= 0.6 is 0 Å². The van der Waals surface area contributed by atoms with E-state index >= 15 is 0 Å². The highest BCUT2D eigenvalue weighted by Gasteiger charge is 2.00. The summed E-state index contributed by atoms with van der Waals surface area (Å²) in [5.41, 5.74) is 2.39. The van der Waals surface area contributed by atoms with Gasteiger partial charge in [0.25, 0.3) is 0 Å². The molecular formula is C8H14N6O. The van der Waals surface area contributed by atoms with Gasteiger partial charge in [-0.25, -0.2) is 15.8 Å². The van der Waals surface area contributed by atoms with E-state index < -0.39 is 0 Å². The Bertz CT molecular complexity index is 329. The Morgan fingerprint density at radius 1 is 1.47 bits per heavy atom. The third-order valence-corrected chi connectivity index (χ3v) is 1.62. The zero-order chi connectivity index (χ0) is 11.1. The molecule has 1 amide bonds. The highest BCUT2D eigenvalue weighted by atomic mass is 16.1. The molecule has 15 heavy (non-hydrogen) atoms. The summed E-state index contributed by atoms with van der Waals surface area (Å²) >= 11 is 0. The molecule has 0 saturated heterocycles. The van der Waals surface area contributed by atoms with Gasteiger partial charge in [0.1, 0.15) is 18.0 Å². The van der Waals surface area contributed by atoms with Crippen molar-refractivity contribution >= 4 is 17.5 Å². The van der Waals surface area contributed by atoms with Crippen molar-refractivity contribution in [2.75, 3.05) is 23.8 Å². The van der Waals surface area contributed by atoms with E-state index in [-0.39, 0.29) is 12.5 Å². The van der Waals surface area contributed by atoms with Crippen molar-refractivity contribution in [3.63, 3.8) is 0 Å². The molecule has 0 bridgehead atoms. The number of nitrogens with two attached hydrogens (primary N) is 1. The zero-order valence-electron chi connectivity index (χ0n) is 8.45. The molecule has 0 unspecified atom stereocenters. The Morgan fingerprint density at radius 2 is 2.20 bits per heavy atom. The normalized spacial score (nSPS) is 9.47. The average molecular weight is 210 g/mol. The minimum atomic E-state index is -0.0848. The number of nitrogens with one attached hydrogen (secondary N) is 3. The number of anilines is 2. The van der Waals surface area contributed by atoms with Gasteiger partial charge in [-0.15, -0.1) is 0 Å². The standard InChI is InChI=1S/C8H14N6O/c1-2-10-8(15)4-11-6-3-7(14-9)13-5-12-6/h3,5H,2,4,9H2,1H3,(H,10,15)(H2,11,12,13,14). The van der Waals surface area contributed by atoms with Crippen LogP contribution < -0.4 is 21.9 Å². The summed E-state index contributed by atoms with van der Waals surface area (Å²) in [6.07, 6.45) is 1.36. The molecule has 0 saturated carbocycles. The van der Waals surface area contributed by atoms with E-state index in [9.17, 15) is 4.79 Å². The predicted molar refractivity (Wildman–Crippen MR) is 57.0 cm³/mol. The molecule has 1 aromatic heterocycles. The quantitative estimate of drug-likeness (QED) is 0.379. The predicted octanol–water partition coefficient (Wildman–Crippen LogP) is -0.690. The summed E-state index contributed by atoms with van der Waals surface area (Å²) in [6.45, 7) is 2.65. The maximum Gasteiger partial charge on any atom is 0.239 e. The van der Waals surface area contributed by atoms with Gasteiger partial charge in [0.05, 0.1) is 6.54 Å².